The van der Waals surface area contributed by atoms with Crippen LogP contribution in [0, 0.1) is 11.3 Å². The zero-order valence-electron chi connectivity index (χ0n) is 17.4. The molecule has 1 aliphatic heterocycles. The SMILES string of the molecule is N#CC(=Cc1ccccc1)C(=O)N1CCN(C(c2ccccc2)c2ccccc2)CC1. The molecule has 0 aromatic heterocycles. The fraction of sp³-hybridized carbons (Fsp3) is 0.185. The van der Waals surface area contributed by atoms with Crippen LogP contribution in [0.5, 0.6) is 0 Å². The van der Waals surface area contributed by atoms with Gasteiger partial charge in [-0.3, -0.25) is 9.69 Å². The molecule has 0 saturated carbocycles. The van der Waals surface area contributed by atoms with Gasteiger partial charge >= 0.3 is 0 Å². The second-order valence-electron chi connectivity index (χ2n) is 7.63. The van der Waals surface area contributed by atoms with E-state index < -0.39 is 0 Å². The molecule has 4 nitrogen and oxygen atoms in total. The van der Waals surface area contributed by atoms with Crippen LogP contribution >= 0.6 is 0 Å². The molecule has 0 aliphatic carbocycles. The molecule has 4 rings (SSSR count). The minimum atomic E-state index is -0.193. The average molecular weight is 408 g/mol. The van der Waals surface area contributed by atoms with Gasteiger partial charge in [-0.25, -0.2) is 0 Å². The van der Waals surface area contributed by atoms with E-state index in [-0.39, 0.29) is 17.5 Å². The fourth-order valence-electron chi connectivity index (χ4n) is 4.10. The zero-order chi connectivity index (χ0) is 21.5. The van der Waals surface area contributed by atoms with Crippen LogP contribution in [0.3, 0.4) is 0 Å². The first-order valence-electron chi connectivity index (χ1n) is 10.6. The number of nitrogens with zero attached hydrogens (tertiary/aromatic N) is 3. The predicted octanol–water partition coefficient (Wildman–Crippen LogP) is 4.53. The minimum absolute atomic E-state index is 0.148. The minimum Gasteiger partial charge on any atom is -0.335 e. The lowest BCUT2D eigenvalue weighted by atomic mass is 9.96. The fourth-order valence-corrected chi connectivity index (χ4v) is 4.10. The van der Waals surface area contributed by atoms with E-state index in [1.54, 1.807) is 11.0 Å². The third kappa shape index (κ3) is 4.91. The van der Waals surface area contributed by atoms with Crippen LogP contribution in [0.4, 0.5) is 0 Å². The quantitative estimate of drug-likeness (QED) is 0.461. The average Bonchev–Trinajstić information content (AvgIpc) is 2.85. The van der Waals surface area contributed by atoms with Crippen molar-refractivity contribution in [3.8, 4) is 6.07 Å². The summed E-state index contributed by atoms with van der Waals surface area (Å²) in [6.45, 7) is 2.71. The van der Waals surface area contributed by atoms with Crippen LogP contribution in [0.2, 0.25) is 0 Å². The summed E-state index contributed by atoms with van der Waals surface area (Å²) in [4.78, 5) is 17.2. The van der Waals surface area contributed by atoms with Gasteiger partial charge in [-0.05, 0) is 22.8 Å². The standard InChI is InChI=1S/C27H25N3O/c28-21-25(20-22-10-4-1-5-11-22)27(31)30-18-16-29(17-19-30)26(23-12-6-2-7-13-23)24-14-8-3-9-15-24/h1-15,20,26H,16-19H2. The number of hydrogen-bond acceptors (Lipinski definition) is 3. The molecular weight excluding hydrogens is 382 g/mol. The highest BCUT2D eigenvalue weighted by molar-refractivity contribution is 6.01. The van der Waals surface area contributed by atoms with E-state index in [9.17, 15) is 10.1 Å². The highest BCUT2D eigenvalue weighted by Crippen LogP contribution is 2.29. The smallest absolute Gasteiger partial charge is 0.264 e. The van der Waals surface area contributed by atoms with Gasteiger partial charge in [0.2, 0.25) is 0 Å². The lowest BCUT2D eigenvalue weighted by molar-refractivity contribution is -0.128. The lowest BCUT2D eigenvalue weighted by Crippen LogP contribution is -2.50. The number of piperazine rings is 1. The number of nitriles is 1. The first kappa shape index (κ1) is 20.6. The summed E-state index contributed by atoms with van der Waals surface area (Å²) in [5, 5.41) is 9.55. The van der Waals surface area contributed by atoms with Crippen molar-refractivity contribution in [3.63, 3.8) is 0 Å². The van der Waals surface area contributed by atoms with E-state index in [0.717, 1.165) is 18.7 Å². The van der Waals surface area contributed by atoms with E-state index in [4.69, 9.17) is 0 Å². The molecule has 3 aromatic carbocycles. The first-order chi connectivity index (χ1) is 15.3. The van der Waals surface area contributed by atoms with E-state index in [0.29, 0.717) is 13.1 Å². The maximum Gasteiger partial charge on any atom is 0.264 e. The second-order valence-corrected chi connectivity index (χ2v) is 7.63. The molecule has 0 unspecified atom stereocenters. The summed E-state index contributed by atoms with van der Waals surface area (Å²) in [7, 11) is 0. The molecule has 1 saturated heterocycles. The molecule has 4 heteroatoms. The number of benzene rings is 3. The molecule has 1 amide bonds. The van der Waals surface area contributed by atoms with Crippen molar-refractivity contribution in [2.75, 3.05) is 26.2 Å². The third-order valence-corrected chi connectivity index (χ3v) is 5.66. The van der Waals surface area contributed by atoms with Crippen LogP contribution < -0.4 is 0 Å². The summed E-state index contributed by atoms with van der Waals surface area (Å²) >= 11 is 0. The van der Waals surface area contributed by atoms with Gasteiger partial charge in [0.15, 0.2) is 0 Å². The van der Waals surface area contributed by atoms with E-state index in [1.807, 2.05) is 42.5 Å². The molecule has 31 heavy (non-hydrogen) atoms. The number of carbonyl (C=O) groups is 1. The Labute approximate surface area is 183 Å². The van der Waals surface area contributed by atoms with Gasteiger partial charge in [0.05, 0.1) is 6.04 Å². The highest BCUT2D eigenvalue weighted by atomic mass is 16.2. The van der Waals surface area contributed by atoms with Crippen LogP contribution in [0.1, 0.15) is 22.7 Å². The number of hydrogen-bond donors (Lipinski definition) is 0. The Morgan fingerprint density at radius 1 is 0.774 bits per heavy atom. The number of amides is 1. The van der Waals surface area contributed by atoms with Gasteiger partial charge in [-0.2, -0.15) is 5.26 Å². The van der Waals surface area contributed by atoms with Gasteiger partial charge in [0.25, 0.3) is 5.91 Å². The van der Waals surface area contributed by atoms with Crippen molar-refractivity contribution in [3.05, 3.63) is 113 Å². The third-order valence-electron chi connectivity index (χ3n) is 5.66. The second kappa shape index (κ2) is 9.88. The van der Waals surface area contributed by atoms with E-state index in [2.05, 4.69) is 59.5 Å². The van der Waals surface area contributed by atoms with E-state index in [1.165, 1.54) is 11.1 Å². The van der Waals surface area contributed by atoms with Crippen LogP contribution in [-0.4, -0.2) is 41.9 Å². The largest absolute Gasteiger partial charge is 0.335 e. The molecule has 0 bridgehead atoms. The lowest BCUT2D eigenvalue weighted by Gasteiger charge is -2.39. The van der Waals surface area contributed by atoms with Crippen molar-refractivity contribution < 1.29 is 4.79 Å². The van der Waals surface area contributed by atoms with Crippen LogP contribution in [0.15, 0.2) is 96.6 Å². The number of rotatable bonds is 5. The Hall–Kier alpha value is -3.68. The molecule has 1 aliphatic rings. The molecule has 0 N–H and O–H groups in total. The zero-order valence-corrected chi connectivity index (χ0v) is 17.4. The van der Waals surface area contributed by atoms with Gasteiger partial charge in [0.1, 0.15) is 11.6 Å². The van der Waals surface area contributed by atoms with Crippen molar-refractivity contribution in [1.82, 2.24) is 9.80 Å². The normalized spacial score (nSPS) is 15.0. The molecular formula is C27H25N3O. The maximum atomic E-state index is 13.0. The van der Waals surface area contributed by atoms with Crippen LogP contribution in [-0.2, 0) is 4.79 Å². The van der Waals surface area contributed by atoms with Gasteiger partial charge in [0, 0.05) is 26.2 Å². The maximum absolute atomic E-state index is 13.0. The Morgan fingerprint density at radius 3 is 1.74 bits per heavy atom. The summed E-state index contributed by atoms with van der Waals surface area (Å²) in [5.74, 6) is -0.193. The predicted molar refractivity (Wildman–Crippen MR) is 123 cm³/mol. The summed E-state index contributed by atoms with van der Waals surface area (Å²) in [5.41, 5.74) is 3.53. The van der Waals surface area contributed by atoms with Crippen LogP contribution in [0.25, 0.3) is 6.08 Å². The highest BCUT2D eigenvalue weighted by Gasteiger charge is 2.29. The molecule has 154 valence electrons. The summed E-state index contributed by atoms with van der Waals surface area (Å²) in [6, 6.07) is 32.7. The molecule has 0 radical (unpaired) electrons. The molecule has 0 spiro atoms. The van der Waals surface area contributed by atoms with Crippen molar-refractivity contribution in [1.29, 1.82) is 5.26 Å². The topological polar surface area (TPSA) is 47.3 Å². The van der Waals surface area contributed by atoms with Gasteiger partial charge in [-0.15, -0.1) is 0 Å². The monoisotopic (exact) mass is 407 g/mol. The molecule has 3 aromatic rings. The Balaban J connectivity index is 1.49. The summed E-state index contributed by atoms with van der Waals surface area (Å²) in [6.07, 6.45) is 1.67. The van der Waals surface area contributed by atoms with Crippen molar-refractivity contribution in [2.45, 2.75) is 6.04 Å². The molecule has 1 heterocycles. The Morgan fingerprint density at radius 2 is 1.26 bits per heavy atom. The molecule has 0 atom stereocenters. The summed E-state index contributed by atoms with van der Waals surface area (Å²) < 4.78 is 0. The van der Waals surface area contributed by atoms with Gasteiger partial charge in [-0.1, -0.05) is 91.0 Å². The van der Waals surface area contributed by atoms with Crippen molar-refractivity contribution in [2.24, 2.45) is 0 Å². The first-order valence-corrected chi connectivity index (χ1v) is 10.6. The van der Waals surface area contributed by atoms with Crippen molar-refractivity contribution >= 4 is 12.0 Å². The molecule has 1 fully saturated rings. The Kier molecular flexibility index (Phi) is 6.56. The van der Waals surface area contributed by atoms with E-state index >= 15 is 0 Å². The number of carbonyl (C=O) groups excluding carboxylic acids is 1. The van der Waals surface area contributed by atoms with Gasteiger partial charge < -0.3 is 4.90 Å². The Bertz CT molecular complexity index is 1020.